The van der Waals surface area contributed by atoms with Crippen molar-refractivity contribution in [1.82, 2.24) is 9.78 Å². The average molecular weight is 445 g/mol. The summed E-state index contributed by atoms with van der Waals surface area (Å²) in [6, 6.07) is 18.9. The van der Waals surface area contributed by atoms with E-state index in [2.05, 4.69) is 14.6 Å². The van der Waals surface area contributed by atoms with Crippen molar-refractivity contribution in [2.24, 2.45) is 0 Å². The number of fused-ring (bicyclic) bond motifs is 1. The van der Waals surface area contributed by atoms with Gasteiger partial charge in [-0.05, 0) is 35.9 Å². The quantitative estimate of drug-likeness (QED) is 0.453. The Bertz CT molecular complexity index is 1380. The van der Waals surface area contributed by atoms with Crippen LogP contribution in [0.5, 0.6) is 5.75 Å². The van der Waals surface area contributed by atoms with E-state index in [1.165, 1.54) is 30.3 Å². The van der Waals surface area contributed by atoms with Crippen LogP contribution in [0.4, 0.5) is 14.5 Å². The molecule has 0 aliphatic carbocycles. The first-order valence-corrected chi connectivity index (χ1v) is 10.6. The van der Waals surface area contributed by atoms with Crippen LogP contribution in [-0.2, 0) is 16.6 Å². The van der Waals surface area contributed by atoms with Gasteiger partial charge in [-0.2, -0.15) is 8.78 Å². The first-order valence-electron chi connectivity index (χ1n) is 9.16. The van der Waals surface area contributed by atoms with E-state index < -0.39 is 16.6 Å². The van der Waals surface area contributed by atoms with Crippen molar-refractivity contribution in [3.05, 3.63) is 88.7 Å². The second-order valence-corrected chi connectivity index (χ2v) is 8.39. The summed E-state index contributed by atoms with van der Waals surface area (Å²) in [7, 11) is -4.09. The Kier molecular flexibility index (Phi) is 5.47. The minimum absolute atomic E-state index is 0.163. The zero-order valence-electron chi connectivity index (χ0n) is 16.0. The third kappa shape index (κ3) is 4.58. The van der Waals surface area contributed by atoms with Crippen LogP contribution in [0.25, 0.3) is 10.9 Å². The summed E-state index contributed by atoms with van der Waals surface area (Å²) in [5, 5.41) is 3.06. The molecule has 4 aromatic rings. The van der Waals surface area contributed by atoms with E-state index in [0.29, 0.717) is 17.4 Å². The summed E-state index contributed by atoms with van der Waals surface area (Å²) in [6.45, 7) is -2.62. The molecule has 1 heterocycles. The van der Waals surface area contributed by atoms with Gasteiger partial charge in [0, 0.05) is 11.8 Å². The lowest BCUT2D eigenvalue weighted by Crippen LogP contribution is -2.13. The van der Waals surface area contributed by atoms with Crippen LogP contribution in [-0.4, -0.2) is 24.8 Å². The SMILES string of the molecule is O=c1[nH]n(Cc2ccccc2)c2ccc(NS(=O)(=O)c3cccc(OC(F)F)c3)cc12. The normalized spacial score (nSPS) is 11.7. The fourth-order valence-electron chi connectivity index (χ4n) is 3.18. The standard InChI is InChI=1S/C21H17F2N3O4S/c22-21(23)30-16-7-4-8-17(12-16)31(28,29)25-15-9-10-19-18(11-15)20(27)24-26(19)13-14-5-2-1-3-6-14/h1-12,21,25H,13H2,(H,24,27). The van der Waals surface area contributed by atoms with Gasteiger partial charge < -0.3 is 4.74 Å². The third-order valence-electron chi connectivity index (χ3n) is 4.55. The maximum absolute atomic E-state index is 12.7. The Labute approximate surface area is 175 Å². The lowest BCUT2D eigenvalue weighted by Gasteiger charge is -2.10. The first-order chi connectivity index (χ1) is 14.8. The van der Waals surface area contributed by atoms with Crippen molar-refractivity contribution in [1.29, 1.82) is 0 Å². The number of hydrogen-bond acceptors (Lipinski definition) is 4. The van der Waals surface area contributed by atoms with E-state index in [-0.39, 0.29) is 21.9 Å². The molecule has 3 aromatic carbocycles. The van der Waals surface area contributed by atoms with Crippen molar-refractivity contribution in [2.45, 2.75) is 18.1 Å². The molecule has 0 amide bonds. The van der Waals surface area contributed by atoms with Crippen molar-refractivity contribution in [3.63, 3.8) is 0 Å². The smallest absolute Gasteiger partial charge is 0.387 e. The number of ether oxygens (including phenoxy) is 1. The summed E-state index contributed by atoms with van der Waals surface area (Å²) < 4.78 is 58.4. The number of halogens is 2. The number of alkyl halides is 2. The van der Waals surface area contributed by atoms with Crippen molar-refractivity contribution in [3.8, 4) is 5.75 Å². The first kappa shape index (κ1) is 20.6. The molecule has 31 heavy (non-hydrogen) atoms. The van der Waals surface area contributed by atoms with Crippen LogP contribution < -0.4 is 15.0 Å². The van der Waals surface area contributed by atoms with Gasteiger partial charge in [-0.25, -0.2) is 8.42 Å². The summed E-state index contributed by atoms with van der Waals surface area (Å²) in [5.41, 5.74) is 1.41. The second kappa shape index (κ2) is 8.23. The molecule has 0 saturated heterocycles. The van der Waals surface area contributed by atoms with Gasteiger partial charge in [0.1, 0.15) is 5.75 Å². The molecule has 0 unspecified atom stereocenters. The summed E-state index contributed by atoms with van der Waals surface area (Å²) in [4.78, 5) is 12.1. The molecule has 160 valence electrons. The average Bonchev–Trinajstić information content (AvgIpc) is 3.03. The van der Waals surface area contributed by atoms with Gasteiger partial charge in [-0.15, -0.1) is 0 Å². The molecule has 2 N–H and O–H groups in total. The van der Waals surface area contributed by atoms with Crippen molar-refractivity contribution in [2.75, 3.05) is 4.72 Å². The Morgan fingerprint density at radius 3 is 2.52 bits per heavy atom. The van der Waals surface area contributed by atoms with Gasteiger partial charge in [0.05, 0.1) is 22.3 Å². The number of sulfonamides is 1. The molecule has 0 bridgehead atoms. The summed E-state index contributed by atoms with van der Waals surface area (Å²) in [6.07, 6.45) is 0. The number of nitrogens with zero attached hydrogens (tertiary/aromatic N) is 1. The zero-order valence-corrected chi connectivity index (χ0v) is 16.8. The van der Waals surface area contributed by atoms with E-state index in [9.17, 15) is 22.0 Å². The fraction of sp³-hybridized carbons (Fsp3) is 0.0952. The lowest BCUT2D eigenvalue weighted by atomic mass is 10.2. The lowest BCUT2D eigenvalue weighted by molar-refractivity contribution is -0.0499. The molecule has 0 aliphatic heterocycles. The predicted molar refractivity (Wildman–Crippen MR) is 112 cm³/mol. The van der Waals surface area contributed by atoms with E-state index >= 15 is 0 Å². The minimum Gasteiger partial charge on any atom is -0.435 e. The maximum atomic E-state index is 12.7. The monoisotopic (exact) mass is 445 g/mol. The van der Waals surface area contributed by atoms with Gasteiger partial charge in [0.2, 0.25) is 0 Å². The highest BCUT2D eigenvalue weighted by Gasteiger charge is 2.17. The number of rotatable bonds is 7. The van der Waals surface area contributed by atoms with Crippen molar-refractivity contribution >= 4 is 26.6 Å². The number of aromatic amines is 1. The molecule has 0 fully saturated rings. The third-order valence-corrected chi connectivity index (χ3v) is 5.92. The van der Waals surface area contributed by atoms with Crippen LogP contribution in [0.1, 0.15) is 5.56 Å². The minimum atomic E-state index is -4.09. The van der Waals surface area contributed by atoms with E-state index in [1.54, 1.807) is 10.7 Å². The van der Waals surface area contributed by atoms with Crippen LogP contribution in [0, 0.1) is 0 Å². The molecule has 10 heteroatoms. The summed E-state index contributed by atoms with van der Waals surface area (Å²) >= 11 is 0. The Morgan fingerprint density at radius 1 is 1.00 bits per heavy atom. The largest absolute Gasteiger partial charge is 0.435 e. The van der Waals surface area contributed by atoms with Crippen LogP contribution in [0.3, 0.4) is 0 Å². The highest BCUT2D eigenvalue weighted by Crippen LogP contribution is 2.23. The highest BCUT2D eigenvalue weighted by molar-refractivity contribution is 7.92. The van der Waals surface area contributed by atoms with Gasteiger partial charge in [0.25, 0.3) is 15.6 Å². The number of anilines is 1. The van der Waals surface area contributed by atoms with E-state index in [0.717, 1.165) is 11.6 Å². The number of H-pyrrole nitrogens is 1. The van der Waals surface area contributed by atoms with E-state index in [1.807, 2.05) is 30.3 Å². The van der Waals surface area contributed by atoms with Crippen LogP contribution in [0.2, 0.25) is 0 Å². The summed E-state index contributed by atoms with van der Waals surface area (Å²) in [5.74, 6) is -0.275. The van der Waals surface area contributed by atoms with Gasteiger partial charge in [-0.3, -0.25) is 19.3 Å². The molecular weight excluding hydrogens is 428 g/mol. The van der Waals surface area contributed by atoms with Crippen LogP contribution >= 0.6 is 0 Å². The van der Waals surface area contributed by atoms with E-state index in [4.69, 9.17) is 0 Å². The zero-order chi connectivity index (χ0) is 22.0. The Hall–Kier alpha value is -3.66. The predicted octanol–water partition coefficient (Wildman–Crippen LogP) is 3.78. The second-order valence-electron chi connectivity index (χ2n) is 6.70. The molecule has 4 rings (SSSR count). The molecule has 0 spiro atoms. The van der Waals surface area contributed by atoms with Crippen molar-refractivity contribution < 1.29 is 21.9 Å². The molecule has 0 saturated carbocycles. The van der Waals surface area contributed by atoms with Gasteiger partial charge >= 0.3 is 6.61 Å². The number of nitrogens with one attached hydrogen (secondary N) is 2. The van der Waals surface area contributed by atoms with Gasteiger partial charge in [-0.1, -0.05) is 36.4 Å². The molecule has 7 nitrogen and oxygen atoms in total. The topological polar surface area (TPSA) is 93.2 Å². The van der Waals surface area contributed by atoms with Gasteiger partial charge in [0.15, 0.2) is 0 Å². The molecule has 0 radical (unpaired) electrons. The molecule has 0 aliphatic rings. The number of aromatic nitrogens is 2. The maximum Gasteiger partial charge on any atom is 0.387 e. The van der Waals surface area contributed by atoms with Crippen LogP contribution in [0.15, 0.2) is 82.5 Å². The fourth-order valence-corrected chi connectivity index (χ4v) is 4.27. The Morgan fingerprint density at radius 2 is 1.77 bits per heavy atom. The number of hydrogen-bond donors (Lipinski definition) is 2. The Balaban J connectivity index is 1.62. The number of benzene rings is 3. The molecular formula is C21H17F2N3O4S. The molecule has 1 aromatic heterocycles. The molecule has 0 atom stereocenters. The highest BCUT2D eigenvalue weighted by atomic mass is 32.2.